The van der Waals surface area contributed by atoms with Crippen LogP contribution in [0.2, 0.25) is 0 Å². The van der Waals surface area contributed by atoms with Gasteiger partial charge in [0.2, 0.25) is 5.82 Å². The molecule has 0 aliphatic carbocycles. The van der Waals surface area contributed by atoms with Crippen molar-refractivity contribution >= 4 is 11.6 Å². The maximum absolute atomic E-state index is 12.4. The molecule has 0 unspecified atom stereocenters. The summed E-state index contributed by atoms with van der Waals surface area (Å²) in [6.07, 6.45) is 0. The van der Waals surface area contributed by atoms with Gasteiger partial charge in [0.05, 0.1) is 18.9 Å². The average molecular weight is 420 g/mol. The molecule has 160 valence electrons. The van der Waals surface area contributed by atoms with Gasteiger partial charge in [-0.3, -0.25) is 4.79 Å². The van der Waals surface area contributed by atoms with Gasteiger partial charge in [0.1, 0.15) is 19.6 Å². The maximum atomic E-state index is 12.4. The number of aromatic nitrogens is 4. The Morgan fingerprint density at radius 3 is 2.52 bits per heavy atom. The fraction of sp³-hybridized carbons (Fsp3) is 0.318. The zero-order valence-electron chi connectivity index (χ0n) is 17.4. The SMILES string of the molecule is C/C(=N/NC(=O)Cn1nnc(-c2ccccc2)n1)[C@H](c1ccccc1)[NH+]1CCOCC1. The first-order chi connectivity index (χ1) is 15.2. The third-order valence-corrected chi connectivity index (χ3v) is 5.22. The van der Waals surface area contributed by atoms with Crippen LogP contribution in [0.5, 0.6) is 0 Å². The van der Waals surface area contributed by atoms with E-state index in [1.54, 1.807) is 0 Å². The summed E-state index contributed by atoms with van der Waals surface area (Å²) in [6, 6.07) is 19.8. The third-order valence-electron chi connectivity index (χ3n) is 5.22. The van der Waals surface area contributed by atoms with E-state index in [1.165, 1.54) is 15.3 Å². The van der Waals surface area contributed by atoms with Gasteiger partial charge in [-0.25, -0.2) is 5.43 Å². The minimum Gasteiger partial charge on any atom is -0.370 e. The topological polar surface area (TPSA) is 98.7 Å². The molecule has 0 spiro atoms. The van der Waals surface area contributed by atoms with E-state index in [2.05, 4.69) is 38.1 Å². The van der Waals surface area contributed by atoms with E-state index in [1.807, 2.05) is 55.5 Å². The zero-order valence-corrected chi connectivity index (χ0v) is 17.4. The number of tetrazole rings is 1. The van der Waals surface area contributed by atoms with E-state index in [0.29, 0.717) is 5.82 Å². The molecule has 1 saturated heterocycles. The molecule has 2 aromatic carbocycles. The molecule has 2 heterocycles. The van der Waals surface area contributed by atoms with E-state index >= 15 is 0 Å². The van der Waals surface area contributed by atoms with Gasteiger partial charge in [0, 0.05) is 11.1 Å². The smallest absolute Gasteiger partial charge is 0.263 e. The second-order valence-corrected chi connectivity index (χ2v) is 7.41. The molecule has 31 heavy (non-hydrogen) atoms. The number of hydrazone groups is 1. The molecule has 1 aliphatic rings. The van der Waals surface area contributed by atoms with Crippen molar-refractivity contribution in [1.29, 1.82) is 0 Å². The summed E-state index contributed by atoms with van der Waals surface area (Å²) in [6.45, 7) is 5.12. The highest BCUT2D eigenvalue weighted by atomic mass is 16.5. The first-order valence-electron chi connectivity index (χ1n) is 10.3. The van der Waals surface area contributed by atoms with Crippen LogP contribution in [-0.4, -0.2) is 58.1 Å². The molecule has 0 bridgehead atoms. The van der Waals surface area contributed by atoms with Gasteiger partial charge in [-0.1, -0.05) is 60.7 Å². The van der Waals surface area contributed by atoms with Gasteiger partial charge in [0.25, 0.3) is 5.91 Å². The standard InChI is InChI=1S/C22H25N7O2/c1-17(21(18-8-4-2-5-9-18)28-12-14-31-15-13-28)23-24-20(30)16-29-26-22(25-27-29)19-10-6-3-7-11-19/h2-11,21H,12-16H2,1H3,(H,24,30)/p+1/b23-17-/t21-/m1/s1. The van der Waals surface area contributed by atoms with Crippen LogP contribution in [0.4, 0.5) is 0 Å². The second kappa shape index (κ2) is 10.1. The number of nitrogens with zero attached hydrogens (tertiary/aromatic N) is 5. The highest BCUT2D eigenvalue weighted by Gasteiger charge is 2.29. The zero-order chi connectivity index (χ0) is 21.5. The van der Waals surface area contributed by atoms with Gasteiger partial charge in [-0.05, 0) is 12.1 Å². The average Bonchev–Trinajstić information content (AvgIpc) is 3.28. The Morgan fingerprint density at radius 1 is 1.13 bits per heavy atom. The van der Waals surface area contributed by atoms with Crippen LogP contribution in [0.1, 0.15) is 18.5 Å². The molecule has 3 aromatic rings. The van der Waals surface area contributed by atoms with Crippen molar-refractivity contribution in [3.63, 3.8) is 0 Å². The normalized spacial score (nSPS) is 16.1. The quantitative estimate of drug-likeness (QED) is 0.428. The number of carbonyl (C=O) groups excluding carboxylic acids is 1. The van der Waals surface area contributed by atoms with Crippen LogP contribution in [-0.2, 0) is 16.1 Å². The van der Waals surface area contributed by atoms with Crippen molar-refractivity contribution in [3.05, 3.63) is 66.2 Å². The molecule has 0 radical (unpaired) electrons. The predicted octanol–water partition coefficient (Wildman–Crippen LogP) is 0.489. The Hall–Kier alpha value is -3.43. The molecule has 1 aliphatic heterocycles. The summed E-state index contributed by atoms with van der Waals surface area (Å²) in [5, 5.41) is 16.7. The molecule has 1 aromatic heterocycles. The number of nitrogens with one attached hydrogen (secondary N) is 2. The van der Waals surface area contributed by atoms with Crippen molar-refractivity contribution in [3.8, 4) is 11.4 Å². The number of quaternary nitrogens is 1. The molecule has 0 saturated carbocycles. The maximum Gasteiger partial charge on any atom is 0.263 e. The Labute approximate surface area is 180 Å². The number of morpholine rings is 1. The number of amides is 1. The first-order valence-corrected chi connectivity index (χ1v) is 10.3. The van der Waals surface area contributed by atoms with E-state index in [-0.39, 0.29) is 18.5 Å². The number of rotatable bonds is 7. The van der Waals surface area contributed by atoms with E-state index in [4.69, 9.17) is 4.74 Å². The molecule has 1 atom stereocenters. The highest BCUT2D eigenvalue weighted by Crippen LogP contribution is 2.13. The minimum atomic E-state index is -0.305. The van der Waals surface area contributed by atoms with Gasteiger partial charge >= 0.3 is 0 Å². The Kier molecular flexibility index (Phi) is 6.75. The summed E-state index contributed by atoms with van der Waals surface area (Å²) in [5.41, 5.74) is 5.50. The Morgan fingerprint density at radius 2 is 1.81 bits per heavy atom. The lowest BCUT2D eigenvalue weighted by Gasteiger charge is -2.31. The monoisotopic (exact) mass is 420 g/mol. The summed E-state index contributed by atoms with van der Waals surface area (Å²) in [5.74, 6) is 0.174. The van der Waals surface area contributed by atoms with Crippen LogP contribution >= 0.6 is 0 Å². The number of benzene rings is 2. The summed E-state index contributed by atoms with van der Waals surface area (Å²) < 4.78 is 5.51. The van der Waals surface area contributed by atoms with Gasteiger partial charge < -0.3 is 9.64 Å². The summed E-state index contributed by atoms with van der Waals surface area (Å²) in [4.78, 5) is 15.1. The van der Waals surface area contributed by atoms with Crippen molar-refractivity contribution < 1.29 is 14.4 Å². The van der Waals surface area contributed by atoms with Crippen LogP contribution in [0.25, 0.3) is 11.4 Å². The predicted molar refractivity (Wildman–Crippen MR) is 115 cm³/mol. The van der Waals surface area contributed by atoms with Gasteiger partial charge in [-0.2, -0.15) is 9.90 Å². The highest BCUT2D eigenvalue weighted by molar-refractivity contribution is 5.88. The lowest BCUT2D eigenvalue weighted by atomic mass is 10.0. The largest absolute Gasteiger partial charge is 0.370 e. The van der Waals surface area contributed by atoms with Gasteiger partial charge in [0.15, 0.2) is 6.04 Å². The number of hydrogen-bond donors (Lipinski definition) is 2. The van der Waals surface area contributed by atoms with Crippen molar-refractivity contribution in [2.24, 2.45) is 5.10 Å². The van der Waals surface area contributed by atoms with E-state index in [9.17, 15) is 4.79 Å². The third kappa shape index (κ3) is 5.39. The Bertz CT molecular complexity index is 1010. The summed E-state index contributed by atoms with van der Waals surface area (Å²) in [7, 11) is 0. The van der Waals surface area contributed by atoms with E-state index in [0.717, 1.165) is 37.6 Å². The fourth-order valence-corrected chi connectivity index (χ4v) is 3.73. The van der Waals surface area contributed by atoms with Crippen LogP contribution in [0.3, 0.4) is 0 Å². The van der Waals surface area contributed by atoms with Crippen molar-refractivity contribution in [2.45, 2.75) is 19.5 Å². The molecular formula is C22H26N7O2+. The lowest BCUT2D eigenvalue weighted by molar-refractivity contribution is -0.928. The number of ether oxygens (including phenoxy) is 1. The van der Waals surface area contributed by atoms with Crippen molar-refractivity contribution in [2.75, 3.05) is 26.3 Å². The molecule has 1 amide bonds. The molecule has 2 N–H and O–H groups in total. The fourth-order valence-electron chi connectivity index (χ4n) is 3.73. The molecular weight excluding hydrogens is 394 g/mol. The molecule has 4 rings (SSSR count). The van der Waals surface area contributed by atoms with Crippen LogP contribution in [0, 0.1) is 0 Å². The molecule has 9 heteroatoms. The van der Waals surface area contributed by atoms with E-state index < -0.39 is 0 Å². The Balaban J connectivity index is 1.42. The second-order valence-electron chi connectivity index (χ2n) is 7.41. The minimum absolute atomic E-state index is 0.0552. The lowest BCUT2D eigenvalue weighted by Crippen LogP contribution is -3.15. The van der Waals surface area contributed by atoms with Crippen molar-refractivity contribution in [1.82, 2.24) is 25.6 Å². The summed E-state index contributed by atoms with van der Waals surface area (Å²) >= 11 is 0. The van der Waals surface area contributed by atoms with Gasteiger partial charge in [-0.15, -0.1) is 10.2 Å². The van der Waals surface area contributed by atoms with Crippen LogP contribution in [0.15, 0.2) is 65.8 Å². The first kappa shape index (κ1) is 20.8. The van der Waals surface area contributed by atoms with Crippen LogP contribution < -0.4 is 10.3 Å². The number of hydrogen-bond acceptors (Lipinski definition) is 6. The molecule has 1 fully saturated rings. The number of carbonyl (C=O) groups is 1. The molecule has 9 nitrogen and oxygen atoms in total.